The maximum absolute atomic E-state index is 13.5. The van der Waals surface area contributed by atoms with Crippen molar-refractivity contribution in [2.45, 2.75) is 96.4 Å². The quantitative estimate of drug-likeness (QED) is 0.497. The number of Topliss-reactive ketones (excluding diaryl/α,β-unsaturated/α-hetero) is 1. The van der Waals surface area contributed by atoms with Gasteiger partial charge in [-0.3, -0.25) is 14.4 Å². The van der Waals surface area contributed by atoms with Gasteiger partial charge in [0.1, 0.15) is 17.7 Å². The predicted octanol–water partition coefficient (Wildman–Crippen LogP) is 1.61. The Morgan fingerprint density at radius 2 is 1.59 bits per heavy atom. The summed E-state index contributed by atoms with van der Waals surface area (Å²) in [5.74, 6) is -3.73. The third-order valence-electron chi connectivity index (χ3n) is 5.86. The number of carboxylic acid groups (broad SMARTS) is 1. The van der Waals surface area contributed by atoms with Crippen molar-refractivity contribution in [3.8, 4) is 0 Å². The van der Waals surface area contributed by atoms with E-state index in [1.54, 1.807) is 20.8 Å². The fourth-order valence-electron chi connectivity index (χ4n) is 4.33. The number of likely N-dealkylation sites (tertiary alicyclic amines) is 1. The number of rotatable bonds is 7. The van der Waals surface area contributed by atoms with Gasteiger partial charge < -0.3 is 25.4 Å². The van der Waals surface area contributed by atoms with Crippen LogP contribution in [-0.4, -0.2) is 69.9 Å². The molecule has 3 N–H and O–H groups in total. The van der Waals surface area contributed by atoms with E-state index in [9.17, 15) is 24.0 Å². The Hall–Kier alpha value is -2.65. The molecule has 2 aliphatic rings. The molecule has 0 spiro atoms. The van der Waals surface area contributed by atoms with Gasteiger partial charge in [0.15, 0.2) is 0 Å². The highest BCUT2D eigenvalue weighted by Gasteiger charge is 2.41. The highest BCUT2D eigenvalue weighted by molar-refractivity contribution is 6.35. The molecule has 32 heavy (non-hydrogen) atoms. The molecule has 3 atom stereocenters. The first kappa shape index (κ1) is 25.6. The first-order valence-corrected chi connectivity index (χ1v) is 11.3. The van der Waals surface area contributed by atoms with Crippen molar-refractivity contribution in [2.75, 3.05) is 6.54 Å². The maximum Gasteiger partial charge on any atom is 0.408 e. The first-order valence-electron chi connectivity index (χ1n) is 11.3. The Labute approximate surface area is 188 Å². The van der Waals surface area contributed by atoms with E-state index in [1.807, 2.05) is 0 Å². The monoisotopic (exact) mass is 453 g/mol. The van der Waals surface area contributed by atoms with Gasteiger partial charge in [-0.15, -0.1) is 0 Å². The lowest BCUT2D eigenvalue weighted by Gasteiger charge is -2.35. The number of nitrogens with zero attached hydrogens (tertiary/aromatic N) is 1. The zero-order valence-corrected chi connectivity index (χ0v) is 19.3. The van der Waals surface area contributed by atoms with Crippen LogP contribution in [-0.2, 0) is 23.9 Å². The van der Waals surface area contributed by atoms with E-state index in [2.05, 4.69) is 10.6 Å². The van der Waals surface area contributed by atoms with Crippen molar-refractivity contribution in [1.82, 2.24) is 15.5 Å². The first-order chi connectivity index (χ1) is 14.9. The van der Waals surface area contributed by atoms with E-state index < -0.39 is 47.5 Å². The lowest BCUT2D eigenvalue weighted by molar-refractivity contribution is -0.150. The number of ether oxygens (including phenoxy) is 1. The Morgan fingerprint density at radius 3 is 2.16 bits per heavy atom. The Kier molecular flexibility index (Phi) is 8.63. The summed E-state index contributed by atoms with van der Waals surface area (Å²) in [6.45, 7) is 6.86. The number of aliphatic carboxylic acids is 1. The molecule has 1 saturated carbocycles. The van der Waals surface area contributed by atoms with E-state index in [4.69, 9.17) is 9.84 Å². The zero-order chi connectivity index (χ0) is 24.1. The minimum Gasteiger partial charge on any atom is -0.475 e. The summed E-state index contributed by atoms with van der Waals surface area (Å²) < 4.78 is 5.35. The number of hydrogen-bond donors (Lipinski definition) is 3. The summed E-state index contributed by atoms with van der Waals surface area (Å²) in [5.41, 5.74) is -0.715. The maximum atomic E-state index is 13.5. The zero-order valence-electron chi connectivity index (χ0n) is 19.3. The Balaban J connectivity index is 2.15. The van der Waals surface area contributed by atoms with Gasteiger partial charge in [-0.05, 0) is 59.3 Å². The Bertz CT molecular complexity index is 740. The normalized spacial score (nSPS) is 21.4. The van der Waals surface area contributed by atoms with Crippen LogP contribution in [0.4, 0.5) is 4.79 Å². The van der Waals surface area contributed by atoms with Crippen LogP contribution in [0.25, 0.3) is 0 Å². The molecule has 10 heteroatoms. The number of nitrogens with one attached hydrogen (secondary N) is 2. The van der Waals surface area contributed by atoms with Crippen molar-refractivity contribution in [3.63, 3.8) is 0 Å². The number of carbonyl (C=O) groups is 5. The summed E-state index contributed by atoms with van der Waals surface area (Å²) in [5, 5.41) is 14.0. The van der Waals surface area contributed by atoms with Crippen LogP contribution in [0.3, 0.4) is 0 Å². The van der Waals surface area contributed by atoms with Crippen LogP contribution >= 0.6 is 0 Å². The molecule has 3 amide bonds. The minimum atomic E-state index is -1.63. The summed E-state index contributed by atoms with van der Waals surface area (Å²) in [6.07, 6.45) is 4.90. The number of hydrogen-bond acceptors (Lipinski definition) is 6. The summed E-state index contributed by atoms with van der Waals surface area (Å²) >= 11 is 0. The van der Waals surface area contributed by atoms with Crippen molar-refractivity contribution in [2.24, 2.45) is 5.92 Å². The standard InChI is InChI=1S/C22H35N3O7/c1-13(17(26)20(29)30)23-18(27)15-11-8-12-25(15)19(28)16(14-9-6-5-7-10-14)24-21(31)32-22(2,3)4/h13-16H,5-12H2,1-4H3,(H,23,27)(H,24,31)(H,29,30). The van der Waals surface area contributed by atoms with Crippen molar-refractivity contribution in [1.29, 1.82) is 0 Å². The van der Waals surface area contributed by atoms with Gasteiger partial charge in [-0.25, -0.2) is 9.59 Å². The van der Waals surface area contributed by atoms with E-state index in [0.29, 0.717) is 19.4 Å². The highest BCUT2D eigenvalue weighted by Crippen LogP contribution is 2.29. The van der Waals surface area contributed by atoms with Gasteiger partial charge in [-0.1, -0.05) is 19.3 Å². The molecule has 0 aromatic heterocycles. The van der Waals surface area contributed by atoms with Crippen molar-refractivity contribution in [3.05, 3.63) is 0 Å². The van der Waals surface area contributed by atoms with Crippen LogP contribution in [0, 0.1) is 5.92 Å². The number of carbonyl (C=O) groups excluding carboxylic acids is 4. The van der Waals surface area contributed by atoms with Gasteiger partial charge in [0, 0.05) is 6.54 Å². The van der Waals surface area contributed by atoms with Gasteiger partial charge in [0.05, 0.1) is 6.04 Å². The fourth-order valence-corrected chi connectivity index (χ4v) is 4.33. The topological polar surface area (TPSA) is 142 Å². The lowest BCUT2D eigenvalue weighted by Crippen LogP contribution is -2.57. The average molecular weight is 454 g/mol. The van der Waals surface area contributed by atoms with Gasteiger partial charge in [0.25, 0.3) is 5.78 Å². The third-order valence-corrected chi connectivity index (χ3v) is 5.86. The molecular formula is C22H35N3O7. The number of ketones is 1. The number of alkyl carbamates (subject to hydrolysis) is 1. The number of carboxylic acids is 1. The molecule has 0 aromatic carbocycles. The Morgan fingerprint density at radius 1 is 0.969 bits per heavy atom. The molecule has 180 valence electrons. The molecule has 10 nitrogen and oxygen atoms in total. The van der Waals surface area contributed by atoms with Gasteiger partial charge in [0.2, 0.25) is 11.8 Å². The molecule has 1 heterocycles. The molecule has 3 unspecified atom stereocenters. The lowest BCUT2D eigenvalue weighted by atomic mass is 9.83. The molecule has 1 aliphatic heterocycles. The summed E-state index contributed by atoms with van der Waals surface area (Å²) in [7, 11) is 0. The molecule has 0 radical (unpaired) electrons. The van der Waals surface area contributed by atoms with E-state index in [1.165, 1.54) is 11.8 Å². The van der Waals surface area contributed by atoms with Crippen LogP contribution in [0.1, 0.15) is 72.6 Å². The van der Waals surface area contributed by atoms with Crippen LogP contribution in [0.5, 0.6) is 0 Å². The molecule has 1 aliphatic carbocycles. The largest absolute Gasteiger partial charge is 0.475 e. The molecule has 1 saturated heterocycles. The second-order valence-electron chi connectivity index (χ2n) is 9.61. The van der Waals surface area contributed by atoms with Crippen LogP contribution < -0.4 is 10.6 Å². The second kappa shape index (κ2) is 10.8. The fraction of sp³-hybridized carbons (Fsp3) is 0.773. The smallest absolute Gasteiger partial charge is 0.408 e. The second-order valence-corrected chi connectivity index (χ2v) is 9.61. The van der Waals surface area contributed by atoms with E-state index >= 15 is 0 Å². The van der Waals surface area contributed by atoms with E-state index in [0.717, 1.165) is 32.1 Å². The minimum absolute atomic E-state index is 0.0550. The van der Waals surface area contributed by atoms with Gasteiger partial charge in [-0.2, -0.15) is 0 Å². The molecule has 0 bridgehead atoms. The molecule has 2 fully saturated rings. The van der Waals surface area contributed by atoms with Gasteiger partial charge >= 0.3 is 12.1 Å². The third kappa shape index (κ3) is 6.93. The van der Waals surface area contributed by atoms with Crippen molar-refractivity contribution >= 4 is 29.7 Å². The summed E-state index contributed by atoms with van der Waals surface area (Å²) in [6, 6.07) is -2.83. The SMILES string of the molecule is CC(NC(=O)C1CCCN1C(=O)C(NC(=O)OC(C)(C)C)C1CCCCC1)C(=O)C(=O)O. The van der Waals surface area contributed by atoms with Crippen LogP contribution in [0.15, 0.2) is 0 Å². The summed E-state index contributed by atoms with van der Waals surface area (Å²) in [4.78, 5) is 62.6. The molecular weight excluding hydrogens is 418 g/mol. The molecule has 0 aromatic rings. The average Bonchev–Trinajstić information content (AvgIpc) is 3.20. The van der Waals surface area contributed by atoms with Crippen LogP contribution in [0.2, 0.25) is 0 Å². The highest BCUT2D eigenvalue weighted by atomic mass is 16.6. The predicted molar refractivity (Wildman–Crippen MR) is 115 cm³/mol. The molecule has 2 rings (SSSR count). The number of amides is 3. The van der Waals surface area contributed by atoms with Crippen molar-refractivity contribution < 1.29 is 33.8 Å². The van der Waals surface area contributed by atoms with E-state index in [-0.39, 0.29) is 11.8 Å².